The first-order valence-corrected chi connectivity index (χ1v) is 7.77. The molecule has 0 saturated heterocycles. The SMILES string of the molecule is COc1ccccc1-c1nc2c([nH]1)c(C)nn2[C@H](C)C1CC1. The van der Waals surface area contributed by atoms with Crippen LogP contribution >= 0.6 is 0 Å². The van der Waals surface area contributed by atoms with Crippen LogP contribution < -0.4 is 4.74 Å². The third kappa shape index (κ3) is 2.00. The van der Waals surface area contributed by atoms with Gasteiger partial charge in [-0.25, -0.2) is 9.67 Å². The predicted molar refractivity (Wildman–Crippen MR) is 86.0 cm³/mol. The minimum Gasteiger partial charge on any atom is -0.496 e. The van der Waals surface area contributed by atoms with Gasteiger partial charge in [0, 0.05) is 0 Å². The van der Waals surface area contributed by atoms with Crippen LogP contribution in [-0.4, -0.2) is 26.9 Å². The summed E-state index contributed by atoms with van der Waals surface area (Å²) in [5, 5.41) is 4.68. The Morgan fingerprint density at radius 3 is 2.82 bits per heavy atom. The molecule has 0 radical (unpaired) electrons. The molecule has 2 aromatic heterocycles. The molecule has 0 unspecified atom stereocenters. The van der Waals surface area contributed by atoms with Gasteiger partial charge in [0.2, 0.25) is 0 Å². The summed E-state index contributed by atoms with van der Waals surface area (Å²) in [6.45, 7) is 4.27. The molecule has 0 spiro atoms. The highest BCUT2D eigenvalue weighted by atomic mass is 16.5. The Bertz CT molecular complexity index is 828. The summed E-state index contributed by atoms with van der Waals surface area (Å²) >= 11 is 0. The molecule has 1 aromatic carbocycles. The number of H-pyrrole nitrogens is 1. The van der Waals surface area contributed by atoms with E-state index in [1.807, 2.05) is 31.2 Å². The molecule has 114 valence electrons. The average molecular weight is 296 g/mol. The van der Waals surface area contributed by atoms with Gasteiger partial charge in [-0.1, -0.05) is 12.1 Å². The molecule has 0 aliphatic heterocycles. The second-order valence-electron chi connectivity index (χ2n) is 6.09. The molecule has 0 amide bonds. The number of hydrogen-bond acceptors (Lipinski definition) is 3. The maximum absolute atomic E-state index is 5.45. The third-order valence-corrected chi connectivity index (χ3v) is 4.57. The van der Waals surface area contributed by atoms with Gasteiger partial charge in [-0.15, -0.1) is 0 Å². The number of fused-ring (bicyclic) bond motifs is 1. The number of nitrogens with one attached hydrogen (secondary N) is 1. The number of aryl methyl sites for hydroxylation is 1. The van der Waals surface area contributed by atoms with Crippen molar-refractivity contribution in [2.24, 2.45) is 5.92 Å². The number of methoxy groups -OCH3 is 1. The number of aromatic amines is 1. The van der Waals surface area contributed by atoms with Crippen molar-refractivity contribution in [2.75, 3.05) is 7.11 Å². The van der Waals surface area contributed by atoms with E-state index < -0.39 is 0 Å². The van der Waals surface area contributed by atoms with E-state index in [0.29, 0.717) is 6.04 Å². The van der Waals surface area contributed by atoms with E-state index in [2.05, 4.69) is 21.7 Å². The Kier molecular flexibility index (Phi) is 2.96. The number of nitrogens with zero attached hydrogens (tertiary/aromatic N) is 3. The summed E-state index contributed by atoms with van der Waals surface area (Å²) in [4.78, 5) is 8.22. The Hall–Kier alpha value is -2.30. The molecule has 1 fully saturated rings. The van der Waals surface area contributed by atoms with Crippen molar-refractivity contribution < 1.29 is 4.74 Å². The van der Waals surface area contributed by atoms with Crippen LogP contribution in [0.4, 0.5) is 0 Å². The van der Waals surface area contributed by atoms with Crippen molar-refractivity contribution >= 4 is 11.2 Å². The van der Waals surface area contributed by atoms with Gasteiger partial charge in [0.1, 0.15) is 17.1 Å². The van der Waals surface area contributed by atoms with Gasteiger partial charge in [-0.3, -0.25) is 0 Å². The van der Waals surface area contributed by atoms with Crippen LogP contribution in [0.15, 0.2) is 24.3 Å². The number of aromatic nitrogens is 4. The molecule has 1 N–H and O–H groups in total. The topological polar surface area (TPSA) is 55.7 Å². The van der Waals surface area contributed by atoms with E-state index in [1.165, 1.54) is 12.8 Å². The predicted octanol–water partition coefficient (Wildman–Crippen LogP) is 3.71. The highest BCUT2D eigenvalue weighted by molar-refractivity contribution is 5.80. The number of para-hydroxylation sites is 1. The highest BCUT2D eigenvalue weighted by Crippen LogP contribution is 2.40. The summed E-state index contributed by atoms with van der Waals surface area (Å²) in [5.74, 6) is 2.41. The highest BCUT2D eigenvalue weighted by Gasteiger charge is 2.31. The van der Waals surface area contributed by atoms with E-state index in [1.54, 1.807) is 7.11 Å². The molecule has 3 aromatic rings. The van der Waals surface area contributed by atoms with Gasteiger partial charge < -0.3 is 9.72 Å². The number of hydrogen-bond donors (Lipinski definition) is 1. The Balaban J connectivity index is 1.85. The second-order valence-corrected chi connectivity index (χ2v) is 6.09. The Labute approximate surface area is 129 Å². The van der Waals surface area contributed by atoms with Crippen LogP contribution in [0, 0.1) is 12.8 Å². The molecular formula is C17H20N4O. The molecule has 1 saturated carbocycles. The molecule has 5 nitrogen and oxygen atoms in total. The van der Waals surface area contributed by atoms with E-state index in [9.17, 15) is 0 Å². The first-order valence-electron chi connectivity index (χ1n) is 7.77. The number of imidazole rings is 1. The zero-order chi connectivity index (χ0) is 15.3. The van der Waals surface area contributed by atoms with Gasteiger partial charge in [0.15, 0.2) is 5.65 Å². The van der Waals surface area contributed by atoms with Crippen molar-refractivity contribution in [3.05, 3.63) is 30.0 Å². The monoisotopic (exact) mass is 296 g/mol. The molecule has 1 aliphatic rings. The summed E-state index contributed by atoms with van der Waals surface area (Å²) < 4.78 is 7.53. The standard InChI is InChI=1S/C17H20N4O/c1-10-15-17(21(20-10)11(2)12-8-9-12)19-16(18-15)13-6-4-5-7-14(13)22-3/h4-7,11-12H,8-9H2,1-3H3,(H,18,19)/t11-/m1/s1. The largest absolute Gasteiger partial charge is 0.496 e. The van der Waals surface area contributed by atoms with Gasteiger partial charge in [-0.2, -0.15) is 5.10 Å². The van der Waals surface area contributed by atoms with Crippen LogP contribution in [0.5, 0.6) is 5.75 Å². The summed E-state index contributed by atoms with van der Waals surface area (Å²) in [7, 11) is 1.68. The molecular weight excluding hydrogens is 276 g/mol. The fourth-order valence-electron chi connectivity index (χ4n) is 3.07. The van der Waals surface area contributed by atoms with Crippen molar-refractivity contribution in [3.8, 4) is 17.1 Å². The van der Waals surface area contributed by atoms with Gasteiger partial charge in [-0.05, 0) is 44.7 Å². The van der Waals surface area contributed by atoms with Crippen LogP contribution in [0.25, 0.3) is 22.6 Å². The van der Waals surface area contributed by atoms with Gasteiger partial charge >= 0.3 is 0 Å². The van der Waals surface area contributed by atoms with Crippen molar-refractivity contribution in [3.63, 3.8) is 0 Å². The zero-order valence-electron chi connectivity index (χ0n) is 13.1. The fourth-order valence-corrected chi connectivity index (χ4v) is 3.07. The molecule has 2 heterocycles. The molecule has 1 atom stereocenters. The number of ether oxygens (including phenoxy) is 1. The zero-order valence-corrected chi connectivity index (χ0v) is 13.1. The average Bonchev–Trinajstić information content (AvgIpc) is 3.23. The summed E-state index contributed by atoms with van der Waals surface area (Å²) in [6.07, 6.45) is 2.59. The van der Waals surface area contributed by atoms with Crippen LogP contribution in [0.1, 0.15) is 31.5 Å². The number of benzene rings is 1. The molecule has 5 heteroatoms. The molecule has 1 aliphatic carbocycles. The lowest BCUT2D eigenvalue weighted by Crippen LogP contribution is -2.09. The first kappa shape index (κ1) is 13.4. The maximum Gasteiger partial charge on any atom is 0.177 e. The smallest absolute Gasteiger partial charge is 0.177 e. The lowest BCUT2D eigenvalue weighted by molar-refractivity contribution is 0.416. The fraction of sp³-hybridized carbons (Fsp3) is 0.412. The summed E-state index contributed by atoms with van der Waals surface area (Å²) in [5.41, 5.74) is 3.94. The molecule has 22 heavy (non-hydrogen) atoms. The second kappa shape index (κ2) is 4.87. The molecule has 0 bridgehead atoms. The van der Waals surface area contributed by atoms with Gasteiger partial charge in [0.05, 0.1) is 24.4 Å². The van der Waals surface area contributed by atoms with Crippen molar-refractivity contribution in [2.45, 2.75) is 32.7 Å². The Morgan fingerprint density at radius 2 is 2.09 bits per heavy atom. The quantitative estimate of drug-likeness (QED) is 0.798. The minimum atomic E-state index is 0.407. The lowest BCUT2D eigenvalue weighted by Gasteiger charge is -2.10. The minimum absolute atomic E-state index is 0.407. The maximum atomic E-state index is 5.45. The lowest BCUT2D eigenvalue weighted by atomic mass is 10.2. The van der Waals surface area contributed by atoms with Crippen molar-refractivity contribution in [1.29, 1.82) is 0 Å². The Morgan fingerprint density at radius 1 is 1.32 bits per heavy atom. The van der Waals surface area contributed by atoms with Crippen molar-refractivity contribution in [1.82, 2.24) is 19.7 Å². The van der Waals surface area contributed by atoms with Crippen LogP contribution in [0.3, 0.4) is 0 Å². The van der Waals surface area contributed by atoms with E-state index in [-0.39, 0.29) is 0 Å². The van der Waals surface area contributed by atoms with E-state index in [4.69, 9.17) is 9.72 Å². The molecule has 4 rings (SSSR count). The van der Waals surface area contributed by atoms with Crippen LogP contribution in [0.2, 0.25) is 0 Å². The van der Waals surface area contributed by atoms with Crippen LogP contribution in [-0.2, 0) is 0 Å². The normalized spacial score (nSPS) is 16.1. The van der Waals surface area contributed by atoms with E-state index >= 15 is 0 Å². The number of rotatable bonds is 4. The van der Waals surface area contributed by atoms with E-state index in [0.717, 1.165) is 39.9 Å². The first-order chi connectivity index (χ1) is 10.7. The summed E-state index contributed by atoms with van der Waals surface area (Å²) in [6, 6.07) is 8.34. The van der Waals surface area contributed by atoms with Gasteiger partial charge in [0.25, 0.3) is 0 Å². The third-order valence-electron chi connectivity index (χ3n) is 4.57.